The molecule has 5 rings (SSSR count). The van der Waals surface area contributed by atoms with Crippen LogP contribution in [0.5, 0.6) is 0 Å². The van der Waals surface area contributed by atoms with Crippen molar-refractivity contribution in [3.63, 3.8) is 0 Å². The van der Waals surface area contributed by atoms with Gasteiger partial charge < -0.3 is 10.6 Å². The number of piperidine rings is 2. The van der Waals surface area contributed by atoms with E-state index in [1.54, 1.807) is 0 Å². The van der Waals surface area contributed by atoms with Gasteiger partial charge in [-0.1, -0.05) is 29.8 Å². The van der Waals surface area contributed by atoms with Crippen molar-refractivity contribution in [2.75, 3.05) is 10.6 Å². The minimum absolute atomic E-state index is 0.0424. The highest BCUT2D eigenvalue weighted by molar-refractivity contribution is 6.30. The molecule has 2 aliphatic heterocycles. The highest BCUT2D eigenvalue weighted by Gasteiger charge is 2.47. The molecule has 2 N–H and O–H groups in total. The van der Waals surface area contributed by atoms with Crippen LogP contribution < -0.4 is 10.6 Å². The van der Waals surface area contributed by atoms with E-state index in [4.69, 9.17) is 17.3 Å². The van der Waals surface area contributed by atoms with Crippen LogP contribution >= 0.6 is 11.6 Å². The molecule has 2 bridgehead atoms. The molecule has 0 amide bonds. The van der Waals surface area contributed by atoms with Crippen LogP contribution in [0, 0.1) is 5.92 Å². The predicted molar refractivity (Wildman–Crippen MR) is 93.7 cm³/mol. The molecular weight excluding hydrogens is 308 g/mol. The SMILES string of the molecule is Nc1cccc(C2C3CCC(CC3=O)N2c2cccc(Cl)c2)c1. The Kier molecular flexibility index (Phi) is 3.53. The van der Waals surface area contributed by atoms with Crippen molar-refractivity contribution >= 4 is 28.8 Å². The highest BCUT2D eigenvalue weighted by Crippen LogP contribution is 2.48. The molecule has 3 unspecified atom stereocenters. The number of hydrogen-bond acceptors (Lipinski definition) is 3. The number of halogens is 1. The van der Waals surface area contributed by atoms with Gasteiger partial charge in [0.1, 0.15) is 5.78 Å². The Morgan fingerprint density at radius 2 is 1.91 bits per heavy atom. The van der Waals surface area contributed by atoms with Crippen LogP contribution in [-0.2, 0) is 4.79 Å². The summed E-state index contributed by atoms with van der Waals surface area (Å²) in [5.41, 5.74) is 8.93. The number of carbonyl (C=O) groups is 1. The number of nitrogen functional groups attached to an aromatic ring is 1. The number of hydrogen-bond donors (Lipinski definition) is 1. The van der Waals surface area contributed by atoms with Crippen LogP contribution in [0.25, 0.3) is 0 Å². The van der Waals surface area contributed by atoms with Gasteiger partial charge in [-0.05, 0) is 48.7 Å². The van der Waals surface area contributed by atoms with Crippen molar-refractivity contribution < 1.29 is 4.79 Å². The Bertz CT molecular complexity index is 761. The molecule has 3 fully saturated rings. The molecule has 1 aliphatic carbocycles. The van der Waals surface area contributed by atoms with Gasteiger partial charge in [0.25, 0.3) is 0 Å². The lowest BCUT2D eigenvalue weighted by Gasteiger charge is -2.52. The molecule has 2 heterocycles. The van der Waals surface area contributed by atoms with Crippen molar-refractivity contribution in [3.8, 4) is 0 Å². The van der Waals surface area contributed by atoms with Gasteiger partial charge in [0.2, 0.25) is 0 Å². The van der Waals surface area contributed by atoms with Crippen molar-refractivity contribution in [2.45, 2.75) is 31.3 Å². The van der Waals surface area contributed by atoms with E-state index in [1.165, 1.54) is 0 Å². The fraction of sp³-hybridized carbons (Fsp3) is 0.316. The molecule has 0 aromatic heterocycles. The smallest absolute Gasteiger partial charge is 0.140 e. The van der Waals surface area contributed by atoms with Crippen molar-refractivity contribution in [2.24, 2.45) is 5.92 Å². The summed E-state index contributed by atoms with van der Waals surface area (Å²) < 4.78 is 0. The zero-order chi connectivity index (χ0) is 16.0. The molecule has 23 heavy (non-hydrogen) atoms. The standard InChI is InChI=1S/C19H19ClN2O/c20-13-4-2-6-15(10-13)22-16-7-8-17(18(23)11-16)19(22)12-3-1-5-14(21)9-12/h1-6,9-10,16-17,19H,7-8,11,21H2. The van der Waals surface area contributed by atoms with Gasteiger partial charge in [0.15, 0.2) is 0 Å². The summed E-state index contributed by atoms with van der Waals surface area (Å²) in [4.78, 5) is 14.9. The number of carbonyl (C=O) groups excluding carboxylic acids is 1. The van der Waals surface area contributed by atoms with E-state index in [-0.39, 0.29) is 18.0 Å². The summed E-state index contributed by atoms with van der Waals surface area (Å²) in [5.74, 6) is 0.424. The zero-order valence-corrected chi connectivity index (χ0v) is 13.5. The summed E-state index contributed by atoms with van der Waals surface area (Å²) in [6, 6.07) is 16.1. The second kappa shape index (κ2) is 5.57. The molecule has 0 radical (unpaired) electrons. The average molecular weight is 327 g/mol. The predicted octanol–water partition coefficient (Wildman–Crippen LogP) is 4.22. The number of nitrogens with two attached hydrogens (primary N) is 1. The van der Waals surface area contributed by atoms with Crippen LogP contribution in [-0.4, -0.2) is 11.8 Å². The second-order valence-corrected chi connectivity index (χ2v) is 6.95. The van der Waals surface area contributed by atoms with Gasteiger partial charge in [0, 0.05) is 34.8 Å². The fourth-order valence-electron chi connectivity index (χ4n) is 4.16. The van der Waals surface area contributed by atoms with Crippen LogP contribution in [0.4, 0.5) is 11.4 Å². The van der Waals surface area contributed by atoms with Crippen LogP contribution in [0.15, 0.2) is 48.5 Å². The Morgan fingerprint density at radius 1 is 1.09 bits per heavy atom. The Labute approximate surface area is 141 Å². The largest absolute Gasteiger partial charge is 0.399 e. The maximum absolute atomic E-state index is 12.5. The lowest BCUT2D eigenvalue weighted by Crippen LogP contribution is -2.54. The lowest BCUT2D eigenvalue weighted by molar-refractivity contribution is -0.128. The summed E-state index contributed by atoms with van der Waals surface area (Å²) in [6.07, 6.45) is 2.65. The number of rotatable bonds is 2. The number of benzene rings is 2. The third kappa shape index (κ3) is 2.49. The Hall–Kier alpha value is -2.00. The Balaban J connectivity index is 1.83. The highest BCUT2D eigenvalue weighted by atomic mass is 35.5. The van der Waals surface area contributed by atoms with E-state index in [2.05, 4.69) is 17.0 Å². The number of nitrogens with zero attached hydrogens (tertiary/aromatic N) is 1. The van der Waals surface area contributed by atoms with Gasteiger partial charge in [-0.25, -0.2) is 0 Å². The van der Waals surface area contributed by atoms with Crippen molar-refractivity contribution in [1.29, 1.82) is 0 Å². The summed E-state index contributed by atoms with van der Waals surface area (Å²) >= 11 is 6.20. The molecule has 3 atom stereocenters. The third-order valence-electron chi connectivity index (χ3n) is 5.09. The molecule has 1 saturated carbocycles. The third-order valence-corrected chi connectivity index (χ3v) is 5.33. The maximum atomic E-state index is 12.5. The number of fused-ring (bicyclic) bond motifs is 3. The van der Waals surface area contributed by atoms with Gasteiger partial charge in [-0.2, -0.15) is 0 Å². The lowest BCUT2D eigenvalue weighted by atomic mass is 9.71. The van der Waals surface area contributed by atoms with E-state index in [9.17, 15) is 4.79 Å². The fourth-order valence-corrected chi connectivity index (χ4v) is 4.34. The molecular formula is C19H19ClN2O. The summed E-state index contributed by atoms with van der Waals surface area (Å²) in [5, 5.41) is 0.724. The van der Waals surface area contributed by atoms with Gasteiger partial charge >= 0.3 is 0 Å². The van der Waals surface area contributed by atoms with Crippen LogP contribution in [0.3, 0.4) is 0 Å². The van der Waals surface area contributed by atoms with E-state index in [1.807, 2.05) is 36.4 Å². The number of ketones is 1. The minimum atomic E-state index is 0.0424. The summed E-state index contributed by atoms with van der Waals surface area (Å²) in [6.45, 7) is 0. The summed E-state index contributed by atoms with van der Waals surface area (Å²) in [7, 11) is 0. The first-order chi connectivity index (χ1) is 11.1. The first-order valence-electron chi connectivity index (χ1n) is 8.05. The van der Waals surface area contributed by atoms with Crippen molar-refractivity contribution in [1.82, 2.24) is 0 Å². The number of anilines is 2. The second-order valence-electron chi connectivity index (χ2n) is 6.51. The average Bonchev–Trinajstić information content (AvgIpc) is 2.54. The molecule has 2 saturated heterocycles. The van der Waals surface area contributed by atoms with Gasteiger partial charge in [-0.15, -0.1) is 0 Å². The van der Waals surface area contributed by atoms with Gasteiger partial charge in [-0.3, -0.25) is 4.79 Å². The normalized spacial score (nSPS) is 26.6. The molecule has 3 nitrogen and oxygen atoms in total. The van der Waals surface area contributed by atoms with Crippen LogP contribution in [0.1, 0.15) is 30.9 Å². The molecule has 2 aromatic rings. The van der Waals surface area contributed by atoms with Gasteiger partial charge in [0.05, 0.1) is 6.04 Å². The molecule has 2 aromatic carbocycles. The van der Waals surface area contributed by atoms with E-state index in [0.717, 1.165) is 34.8 Å². The molecule has 4 heteroatoms. The minimum Gasteiger partial charge on any atom is -0.399 e. The first kappa shape index (κ1) is 14.6. The Morgan fingerprint density at radius 3 is 2.65 bits per heavy atom. The van der Waals surface area contributed by atoms with E-state index < -0.39 is 0 Å². The van der Waals surface area contributed by atoms with E-state index >= 15 is 0 Å². The monoisotopic (exact) mass is 326 g/mol. The van der Waals surface area contributed by atoms with E-state index in [0.29, 0.717) is 12.2 Å². The molecule has 0 spiro atoms. The first-order valence-corrected chi connectivity index (χ1v) is 8.43. The van der Waals surface area contributed by atoms with Crippen LogP contribution in [0.2, 0.25) is 5.02 Å². The number of Topliss-reactive ketones (excluding diaryl/α,β-unsaturated/α-hetero) is 1. The topological polar surface area (TPSA) is 46.3 Å². The van der Waals surface area contributed by atoms with Crippen molar-refractivity contribution in [3.05, 3.63) is 59.1 Å². The maximum Gasteiger partial charge on any atom is 0.140 e. The quantitative estimate of drug-likeness (QED) is 0.840. The molecule has 3 aliphatic rings. The molecule has 118 valence electrons. The zero-order valence-electron chi connectivity index (χ0n) is 12.8.